The van der Waals surface area contributed by atoms with E-state index < -0.39 is 0 Å². The standard InChI is InChI=1S/C19H27N7O2/c1-4-13(5-2)15-10-14(28-26-15)11-21-19(20-6-3)22-12-17-23-18(25-24-17)16-8-7-9-27-16/h7-10,13H,4-6,11-12H2,1-3H3,(H2,20,21,22)(H,23,24,25). The van der Waals surface area contributed by atoms with E-state index in [-0.39, 0.29) is 0 Å². The van der Waals surface area contributed by atoms with Gasteiger partial charge in [0.25, 0.3) is 0 Å². The highest BCUT2D eigenvalue weighted by molar-refractivity contribution is 5.79. The molecule has 0 amide bonds. The molecular formula is C19H27N7O2. The van der Waals surface area contributed by atoms with Gasteiger partial charge in [-0.15, -0.1) is 5.10 Å². The van der Waals surface area contributed by atoms with Crippen LogP contribution >= 0.6 is 0 Å². The Balaban J connectivity index is 1.59. The molecule has 0 bridgehead atoms. The second kappa shape index (κ2) is 9.72. The molecule has 0 saturated heterocycles. The highest BCUT2D eigenvalue weighted by atomic mass is 16.5. The fourth-order valence-electron chi connectivity index (χ4n) is 2.86. The molecular weight excluding hydrogens is 358 g/mol. The summed E-state index contributed by atoms with van der Waals surface area (Å²) in [6, 6.07) is 5.63. The van der Waals surface area contributed by atoms with Crippen molar-refractivity contribution in [2.45, 2.75) is 52.6 Å². The Morgan fingerprint density at radius 3 is 2.82 bits per heavy atom. The fraction of sp³-hybridized carbons (Fsp3) is 0.474. The summed E-state index contributed by atoms with van der Waals surface area (Å²) in [5, 5.41) is 17.7. The van der Waals surface area contributed by atoms with Gasteiger partial charge in [-0.3, -0.25) is 5.10 Å². The quantitative estimate of drug-likeness (QED) is 0.382. The molecule has 150 valence electrons. The Kier molecular flexibility index (Phi) is 6.83. The largest absolute Gasteiger partial charge is 0.461 e. The SMILES string of the molecule is CCNC(=NCc1nc(-c2ccco2)n[nH]1)NCc1cc(C(CC)CC)no1. The summed E-state index contributed by atoms with van der Waals surface area (Å²) in [6.45, 7) is 7.95. The molecule has 3 aromatic rings. The van der Waals surface area contributed by atoms with Crippen LogP contribution in [0, 0.1) is 0 Å². The maximum absolute atomic E-state index is 5.45. The summed E-state index contributed by atoms with van der Waals surface area (Å²) in [5.74, 6) is 3.68. The molecule has 3 heterocycles. The van der Waals surface area contributed by atoms with Crippen molar-refractivity contribution in [1.82, 2.24) is 31.0 Å². The Labute approximate surface area is 164 Å². The van der Waals surface area contributed by atoms with Crippen LogP contribution in [0.4, 0.5) is 0 Å². The van der Waals surface area contributed by atoms with Crippen molar-refractivity contribution in [2.24, 2.45) is 4.99 Å². The van der Waals surface area contributed by atoms with Gasteiger partial charge in [-0.2, -0.15) is 0 Å². The fourth-order valence-corrected chi connectivity index (χ4v) is 2.86. The van der Waals surface area contributed by atoms with E-state index in [0.717, 1.165) is 30.8 Å². The van der Waals surface area contributed by atoms with Crippen molar-refractivity contribution in [3.63, 3.8) is 0 Å². The lowest BCUT2D eigenvalue weighted by Gasteiger charge is -2.09. The van der Waals surface area contributed by atoms with E-state index >= 15 is 0 Å². The first-order valence-electron chi connectivity index (χ1n) is 9.66. The van der Waals surface area contributed by atoms with Gasteiger partial charge in [-0.25, -0.2) is 9.98 Å². The van der Waals surface area contributed by atoms with Gasteiger partial charge in [0.1, 0.15) is 12.4 Å². The molecule has 0 aliphatic heterocycles. The van der Waals surface area contributed by atoms with Crippen LogP contribution in [0.3, 0.4) is 0 Å². The van der Waals surface area contributed by atoms with Gasteiger partial charge in [0.2, 0.25) is 5.82 Å². The van der Waals surface area contributed by atoms with Crippen molar-refractivity contribution in [1.29, 1.82) is 0 Å². The van der Waals surface area contributed by atoms with Gasteiger partial charge in [0, 0.05) is 18.5 Å². The molecule has 0 radical (unpaired) electrons. The van der Waals surface area contributed by atoms with Gasteiger partial charge in [0.15, 0.2) is 17.5 Å². The number of nitrogens with zero attached hydrogens (tertiary/aromatic N) is 4. The number of aliphatic imine (C=N–C) groups is 1. The van der Waals surface area contributed by atoms with Crippen molar-refractivity contribution in [2.75, 3.05) is 6.54 Å². The zero-order valence-corrected chi connectivity index (χ0v) is 16.5. The highest BCUT2D eigenvalue weighted by Gasteiger charge is 2.13. The molecule has 9 nitrogen and oxygen atoms in total. The summed E-state index contributed by atoms with van der Waals surface area (Å²) >= 11 is 0. The van der Waals surface area contributed by atoms with Crippen molar-refractivity contribution < 1.29 is 8.94 Å². The Morgan fingerprint density at radius 1 is 1.25 bits per heavy atom. The third kappa shape index (κ3) is 4.99. The normalized spacial score (nSPS) is 11.9. The predicted octanol–water partition coefficient (Wildman–Crippen LogP) is 3.21. The van der Waals surface area contributed by atoms with Gasteiger partial charge in [-0.05, 0) is 31.9 Å². The topological polar surface area (TPSA) is 117 Å². The molecule has 0 spiro atoms. The van der Waals surface area contributed by atoms with Crippen LogP contribution in [-0.2, 0) is 13.1 Å². The van der Waals surface area contributed by atoms with Crippen molar-refractivity contribution in [3.05, 3.63) is 41.7 Å². The lowest BCUT2D eigenvalue weighted by molar-refractivity contribution is 0.368. The zero-order chi connectivity index (χ0) is 19.8. The molecule has 0 saturated carbocycles. The van der Waals surface area contributed by atoms with E-state index in [1.165, 1.54) is 0 Å². The predicted molar refractivity (Wildman–Crippen MR) is 106 cm³/mol. The van der Waals surface area contributed by atoms with Gasteiger partial charge in [0.05, 0.1) is 18.5 Å². The lowest BCUT2D eigenvalue weighted by Crippen LogP contribution is -2.36. The third-order valence-electron chi connectivity index (χ3n) is 4.42. The van der Waals surface area contributed by atoms with Crippen LogP contribution in [0.2, 0.25) is 0 Å². The van der Waals surface area contributed by atoms with Gasteiger partial charge in [-0.1, -0.05) is 19.0 Å². The molecule has 3 rings (SSSR count). The summed E-state index contributed by atoms with van der Waals surface area (Å²) in [7, 11) is 0. The first-order chi connectivity index (χ1) is 13.7. The summed E-state index contributed by atoms with van der Waals surface area (Å²) in [6.07, 6.45) is 3.70. The van der Waals surface area contributed by atoms with Crippen LogP contribution in [0.15, 0.2) is 38.4 Å². The molecule has 3 N–H and O–H groups in total. The molecule has 0 aromatic carbocycles. The number of furan rings is 1. The zero-order valence-electron chi connectivity index (χ0n) is 16.5. The monoisotopic (exact) mass is 385 g/mol. The van der Waals surface area contributed by atoms with Gasteiger partial charge < -0.3 is 19.6 Å². The first-order valence-corrected chi connectivity index (χ1v) is 9.66. The van der Waals surface area contributed by atoms with E-state index in [9.17, 15) is 0 Å². The molecule has 0 aliphatic rings. The summed E-state index contributed by atoms with van der Waals surface area (Å²) < 4.78 is 10.7. The number of guanidine groups is 1. The number of hydrogen-bond donors (Lipinski definition) is 3. The molecule has 28 heavy (non-hydrogen) atoms. The van der Waals surface area contributed by atoms with Crippen molar-refractivity contribution >= 4 is 5.96 Å². The molecule has 0 aliphatic carbocycles. The number of aromatic amines is 1. The average molecular weight is 385 g/mol. The number of hydrogen-bond acceptors (Lipinski definition) is 6. The van der Waals surface area contributed by atoms with Crippen LogP contribution in [0.25, 0.3) is 11.6 Å². The molecule has 3 aromatic heterocycles. The van der Waals surface area contributed by atoms with Crippen LogP contribution < -0.4 is 10.6 Å². The highest BCUT2D eigenvalue weighted by Crippen LogP contribution is 2.22. The molecule has 0 fully saturated rings. The molecule has 0 atom stereocenters. The number of aromatic nitrogens is 4. The van der Waals surface area contributed by atoms with E-state index in [1.807, 2.05) is 19.1 Å². The van der Waals surface area contributed by atoms with Gasteiger partial charge >= 0.3 is 0 Å². The first kappa shape index (κ1) is 19.7. The number of rotatable bonds is 9. The van der Waals surface area contributed by atoms with Crippen molar-refractivity contribution in [3.8, 4) is 11.6 Å². The second-order valence-corrected chi connectivity index (χ2v) is 6.36. The molecule has 9 heteroatoms. The number of nitrogens with one attached hydrogen (secondary N) is 3. The smallest absolute Gasteiger partial charge is 0.216 e. The third-order valence-corrected chi connectivity index (χ3v) is 4.42. The van der Waals surface area contributed by atoms with Crippen LogP contribution in [0.1, 0.15) is 56.8 Å². The van der Waals surface area contributed by atoms with E-state index in [2.05, 4.69) is 49.8 Å². The lowest BCUT2D eigenvalue weighted by atomic mass is 9.99. The Bertz CT molecular complexity index is 863. The minimum atomic E-state index is 0.360. The maximum Gasteiger partial charge on any atom is 0.216 e. The maximum atomic E-state index is 5.45. The molecule has 0 unspecified atom stereocenters. The minimum absolute atomic E-state index is 0.360. The van der Waals surface area contributed by atoms with E-state index in [1.54, 1.807) is 12.3 Å². The summed E-state index contributed by atoms with van der Waals surface area (Å²) in [5.41, 5.74) is 1.01. The Hall–Kier alpha value is -3.10. The van der Waals surface area contributed by atoms with Crippen LogP contribution in [-0.4, -0.2) is 32.8 Å². The average Bonchev–Trinajstić information content (AvgIpc) is 3.46. The second-order valence-electron chi connectivity index (χ2n) is 6.36. The number of H-pyrrole nitrogens is 1. The van der Waals surface area contributed by atoms with Crippen LogP contribution in [0.5, 0.6) is 0 Å². The Morgan fingerprint density at radius 2 is 2.11 bits per heavy atom. The van der Waals surface area contributed by atoms with E-state index in [0.29, 0.717) is 42.4 Å². The summed E-state index contributed by atoms with van der Waals surface area (Å²) in [4.78, 5) is 8.93. The minimum Gasteiger partial charge on any atom is -0.461 e. The van der Waals surface area contributed by atoms with E-state index in [4.69, 9.17) is 8.94 Å².